The first-order valence-corrected chi connectivity index (χ1v) is 8.17. The van der Waals surface area contributed by atoms with Crippen LogP contribution in [0.15, 0.2) is 47.4 Å². The van der Waals surface area contributed by atoms with Crippen LogP contribution in [0.25, 0.3) is 0 Å². The van der Waals surface area contributed by atoms with Gasteiger partial charge in [-0.2, -0.15) is 0 Å². The molecule has 7 nitrogen and oxygen atoms in total. The van der Waals surface area contributed by atoms with Gasteiger partial charge in [-0.05, 0) is 37.6 Å². The summed E-state index contributed by atoms with van der Waals surface area (Å²) in [4.78, 5) is 38.7. The van der Waals surface area contributed by atoms with Crippen LogP contribution in [0.2, 0.25) is 0 Å². The highest BCUT2D eigenvalue weighted by Crippen LogP contribution is 2.23. The lowest BCUT2D eigenvalue weighted by Crippen LogP contribution is -2.46. The van der Waals surface area contributed by atoms with Crippen LogP contribution in [0.1, 0.15) is 19.4 Å². The fraction of sp³-hybridized carbons (Fsp3) is 0.278. The standard InChI is InChI=1S/C18H20N4O3/c1-3-21-10-6-9-15(17(21)24)20-18(25)22-11-13-7-4-5-8-14(13)19-16(23)12(22)2/h4-10,12H,3,11H2,1-2H3,(H,19,23)(H,20,25). The molecule has 1 aromatic carbocycles. The number of carbonyl (C=O) groups excluding carboxylic acids is 2. The number of nitrogens with zero attached hydrogens (tertiary/aromatic N) is 2. The predicted molar refractivity (Wildman–Crippen MR) is 95.5 cm³/mol. The first-order valence-electron chi connectivity index (χ1n) is 8.17. The molecule has 2 aromatic rings. The van der Waals surface area contributed by atoms with Crippen LogP contribution < -0.4 is 16.2 Å². The Kier molecular flexibility index (Phi) is 4.56. The van der Waals surface area contributed by atoms with E-state index in [1.807, 2.05) is 25.1 Å². The van der Waals surface area contributed by atoms with Gasteiger partial charge in [0.05, 0.1) is 6.54 Å². The van der Waals surface area contributed by atoms with Crippen LogP contribution >= 0.6 is 0 Å². The van der Waals surface area contributed by atoms with Crippen molar-refractivity contribution in [3.05, 3.63) is 58.5 Å². The van der Waals surface area contributed by atoms with Crippen LogP contribution in [0.5, 0.6) is 0 Å². The Labute approximate surface area is 145 Å². The van der Waals surface area contributed by atoms with Gasteiger partial charge in [-0.1, -0.05) is 18.2 Å². The molecule has 7 heteroatoms. The molecule has 2 heterocycles. The number of hydrogen-bond donors (Lipinski definition) is 2. The fourth-order valence-corrected chi connectivity index (χ4v) is 2.79. The number of para-hydroxylation sites is 1. The van der Waals surface area contributed by atoms with Crippen molar-refractivity contribution >= 4 is 23.3 Å². The molecule has 0 radical (unpaired) electrons. The van der Waals surface area contributed by atoms with Gasteiger partial charge >= 0.3 is 6.03 Å². The Morgan fingerprint density at radius 1 is 1.24 bits per heavy atom. The topological polar surface area (TPSA) is 83.4 Å². The van der Waals surface area contributed by atoms with E-state index in [2.05, 4.69) is 10.6 Å². The molecule has 3 rings (SSSR count). The summed E-state index contributed by atoms with van der Waals surface area (Å²) in [6, 6.07) is 9.47. The molecule has 2 N–H and O–H groups in total. The lowest BCUT2D eigenvalue weighted by atomic mass is 10.1. The van der Waals surface area contributed by atoms with Crippen molar-refractivity contribution in [1.29, 1.82) is 0 Å². The Bertz CT molecular complexity index is 875. The number of carbonyl (C=O) groups is 2. The van der Waals surface area contributed by atoms with Crippen LogP contribution in [0.4, 0.5) is 16.2 Å². The summed E-state index contributed by atoms with van der Waals surface area (Å²) in [6.07, 6.45) is 1.66. The average molecular weight is 340 g/mol. The maximum absolute atomic E-state index is 12.7. The summed E-state index contributed by atoms with van der Waals surface area (Å²) < 4.78 is 1.50. The van der Waals surface area contributed by atoms with Gasteiger partial charge in [-0.25, -0.2) is 4.79 Å². The van der Waals surface area contributed by atoms with Gasteiger partial charge in [0.2, 0.25) is 5.91 Å². The van der Waals surface area contributed by atoms with Gasteiger partial charge < -0.3 is 20.1 Å². The molecule has 25 heavy (non-hydrogen) atoms. The molecule has 3 amide bonds. The average Bonchev–Trinajstić information content (AvgIpc) is 2.74. The van der Waals surface area contributed by atoms with Gasteiger partial charge in [-0.3, -0.25) is 9.59 Å². The highest BCUT2D eigenvalue weighted by molar-refractivity contribution is 6.00. The number of pyridine rings is 1. The molecule has 0 aliphatic carbocycles. The number of anilines is 2. The predicted octanol–water partition coefficient (Wildman–Crippen LogP) is 2.24. The lowest BCUT2D eigenvalue weighted by Gasteiger charge is -2.26. The second-order valence-electron chi connectivity index (χ2n) is 5.89. The SMILES string of the molecule is CCn1cccc(NC(=O)N2Cc3ccccc3NC(=O)C2C)c1=O. The second kappa shape index (κ2) is 6.80. The van der Waals surface area contributed by atoms with E-state index in [9.17, 15) is 14.4 Å². The first-order chi connectivity index (χ1) is 12.0. The molecular weight excluding hydrogens is 320 g/mol. The van der Waals surface area contributed by atoms with Gasteiger partial charge in [0.15, 0.2) is 0 Å². The molecule has 0 saturated carbocycles. The molecular formula is C18H20N4O3. The van der Waals surface area contributed by atoms with E-state index in [0.29, 0.717) is 12.2 Å². The third kappa shape index (κ3) is 3.26. The van der Waals surface area contributed by atoms with Crippen LogP contribution in [-0.2, 0) is 17.9 Å². The molecule has 1 aromatic heterocycles. The van der Waals surface area contributed by atoms with Crippen molar-refractivity contribution in [2.24, 2.45) is 0 Å². The van der Waals surface area contributed by atoms with Gasteiger partial charge in [0.25, 0.3) is 5.56 Å². The number of nitrogens with one attached hydrogen (secondary N) is 2. The molecule has 1 aliphatic rings. The Hall–Kier alpha value is -3.09. The van der Waals surface area contributed by atoms with Crippen molar-refractivity contribution in [3.8, 4) is 0 Å². The molecule has 0 fully saturated rings. The quantitative estimate of drug-likeness (QED) is 0.879. The molecule has 1 aliphatic heterocycles. The van der Waals surface area contributed by atoms with Gasteiger partial charge in [0.1, 0.15) is 11.7 Å². The minimum atomic E-state index is -0.662. The zero-order chi connectivity index (χ0) is 18.0. The number of aromatic nitrogens is 1. The normalized spacial score (nSPS) is 16.6. The molecule has 1 atom stereocenters. The summed E-state index contributed by atoms with van der Waals surface area (Å²) in [5, 5.41) is 5.46. The summed E-state index contributed by atoms with van der Waals surface area (Å²) >= 11 is 0. The fourth-order valence-electron chi connectivity index (χ4n) is 2.79. The Morgan fingerprint density at radius 3 is 2.76 bits per heavy atom. The van der Waals surface area contributed by atoms with E-state index in [1.165, 1.54) is 9.47 Å². The van der Waals surface area contributed by atoms with E-state index in [4.69, 9.17) is 0 Å². The number of urea groups is 1. The van der Waals surface area contributed by atoms with Crippen molar-refractivity contribution in [3.63, 3.8) is 0 Å². The second-order valence-corrected chi connectivity index (χ2v) is 5.89. The maximum atomic E-state index is 12.7. The number of rotatable bonds is 2. The third-order valence-electron chi connectivity index (χ3n) is 4.33. The largest absolute Gasteiger partial charge is 0.324 e. The van der Waals surface area contributed by atoms with Crippen LogP contribution in [0, 0.1) is 0 Å². The van der Waals surface area contributed by atoms with Crippen LogP contribution in [0.3, 0.4) is 0 Å². The molecule has 1 unspecified atom stereocenters. The van der Waals surface area contributed by atoms with Crippen LogP contribution in [-0.4, -0.2) is 27.4 Å². The van der Waals surface area contributed by atoms with Gasteiger partial charge in [-0.15, -0.1) is 0 Å². The van der Waals surface area contributed by atoms with E-state index < -0.39 is 12.1 Å². The van der Waals surface area contributed by atoms with E-state index in [-0.39, 0.29) is 23.7 Å². The zero-order valence-electron chi connectivity index (χ0n) is 14.2. The highest BCUT2D eigenvalue weighted by atomic mass is 16.2. The number of aryl methyl sites for hydroxylation is 1. The van der Waals surface area contributed by atoms with Crippen molar-refractivity contribution in [1.82, 2.24) is 9.47 Å². The summed E-state index contributed by atoms with van der Waals surface area (Å²) in [7, 11) is 0. The molecule has 130 valence electrons. The lowest BCUT2D eigenvalue weighted by molar-refractivity contribution is -0.119. The summed E-state index contributed by atoms with van der Waals surface area (Å²) in [5.74, 6) is -0.265. The first kappa shape index (κ1) is 16.8. The summed E-state index contributed by atoms with van der Waals surface area (Å²) in [5.41, 5.74) is 1.46. The number of fused-ring (bicyclic) bond motifs is 1. The van der Waals surface area contributed by atoms with E-state index >= 15 is 0 Å². The zero-order valence-corrected chi connectivity index (χ0v) is 14.2. The summed E-state index contributed by atoms with van der Waals surface area (Å²) in [6.45, 7) is 4.30. The van der Waals surface area contributed by atoms with Crippen molar-refractivity contribution < 1.29 is 9.59 Å². The monoisotopic (exact) mass is 340 g/mol. The molecule has 0 bridgehead atoms. The minimum absolute atomic E-state index is 0.194. The Balaban J connectivity index is 1.88. The van der Waals surface area contributed by atoms with E-state index in [0.717, 1.165) is 5.56 Å². The number of amides is 3. The minimum Gasteiger partial charge on any atom is -0.324 e. The van der Waals surface area contributed by atoms with Crippen molar-refractivity contribution in [2.45, 2.75) is 33.0 Å². The number of hydrogen-bond acceptors (Lipinski definition) is 3. The van der Waals surface area contributed by atoms with Gasteiger partial charge in [0, 0.05) is 18.4 Å². The highest BCUT2D eigenvalue weighted by Gasteiger charge is 2.30. The van der Waals surface area contributed by atoms with Crippen molar-refractivity contribution in [2.75, 3.05) is 10.6 Å². The smallest absolute Gasteiger partial charge is 0.322 e. The molecule has 0 saturated heterocycles. The number of benzene rings is 1. The third-order valence-corrected chi connectivity index (χ3v) is 4.33. The van der Waals surface area contributed by atoms with E-state index in [1.54, 1.807) is 31.3 Å². The Morgan fingerprint density at radius 2 is 2.00 bits per heavy atom. The molecule has 0 spiro atoms. The maximum Gasteiger partial charge on any atom is 0.322 e.